The molecular formula is C29H28N6O4S2. The van der Waals surface area contributed by atoms with Gasteiger partial charge in [0.15, 0.2) is 5.82 Å². The molecule has 0 saturated carbocycles. The minimum atomic E-state index is -3.65. The van der Waals surface area contributed by atoms with Gasteiger partial charge in [0.2, 0.25) is 15.2 Å². The molecule has 1 aliphatic rings. The maximum absolute atomic E-state index is 13.4. The fourth-order valence-electron chi connectivity index (χ4n) is 4.62. The number of para-hydroxylation sites is 1. The largest absolute Gasteiger partial charge is 0.457 e. The van der Waals surface area contributed by atoms with Crippen molar-refractivity contribution in [2.45, 2.75) is 17.4 Å². The second-order valence-electron chi connectivity index (χ2n) is 9.51. The summed E-state index contributed by atoms with van der Waals surface area (Å²) in [5.74, 6) is 1.71. The van der Waals surface area contributed by atoms with Gasteiger partial charge in [-0.1, -0.05) is 30.3 Å². The number of rotatable bonds is 8. The first-order valence-corrected chi connectivity index (χ1v) is 15.4. The lowest BCUT2D eigenvalue weighted by Gasteiger charge is -2.21. The molecule has 0 amide bonds. The van der Waals surface area contributed by atoms with Crippen LogP contribution in [0.4, 0.5) is 5.13 Å². The van der Waals surface area contributed by atoms with E-state index >= 15 is 0 Å². The lowest BCUT2D eigenvalue weighted by Crippen LogP contribution is -2.35. The zero-order chi connectivity index (χ0) is 28.2. The molecule has 210 valence electrons. The second kappa shape index (κ2) is 11.8. The number of sulfonamides is 1. The van der Waals surface area contributed by atoms with Gasteiger partial charge in [-0.05, 0) is 66.6 Å². The molecule has 1 N–H and O–H groups in total. The minimum absolute atomic E-state index is 0.253. The summed E-state index contributed by atoms with van der Waals surface area (Å²) in [6.07, 6.45) is 3.14. The lowest BCUT2D eigenvalue weighted by molar-refractivity contribution is 0.211. The molecule has 6 rings (SSSR count). The number of ether oxygens (including phenoxy) is 1. The van der Waals surface area contributed by atoms with Crippen LogP contribution in [-0.4, -0.2) is 63.1 Å². The normalized spacial score (nSPS) is 15.4. The molecule has 10 nitrogen and oxygen atoms in total. The Hall–Kier alpha value is -4.10. The lowest BCUT2D eigenvalue weighted by atomic mass is 10.1. The zero-order valence-electron chi connectivity index (χ0n) is 22.0. The molecule has 0 bridgehead atoms. The van der Waals surface area contributed by atoms with Crippen molar-refractivity contribution in [3.63, 3.8) is 0 Å². The highest BCUT2D eigenvalue weighted by Gasteiger charge is 2.28. The Kier molecular flexibility index (Phi) is 7.79. The quantitative estimate of drug-likeness (QED) is 0.282. The van der Waals surface area contributed by atoms with Crippen LogP contribution in [0.1, 0.15) is 23.9 Å². The Morgan fingerprint density at radius 2 is 1.61 bits per heavy atom. The number of hydrogen-bond donors (Lipinski definition) is 1. The molecule has 3 aromatic carbocycles. The summed E-state index contributed by atoms with van der Waals surface area (Å²) in [4.78, 5) is 6.88. The second-order valence-corrected chi connectivity index (χ2v) is 12.2. The van der Waals surface area contributed by atoms with E-state index in [-0.39, 0.29) is 4.90 Å². The Morgan fingerprint density at radius 1 is 0.854 bits per heavy atom. The molecule has 0 aliphatic carbocycles. The Labute approximate surface area is 242 Å². The number of nitrogens with zero attached hydrogens (tertiary/aromatic N) is 6. The standard InChI is InChI=1S/C29H28N6O4S2/c36-27(22-8-12-25(13-9-22)39-24-6-2-1-3-7-24)28-31-29(40-32-28)33-17-5-18-34(21-20-33)41(37,38)26-14-10-23(11-15-26)35-19-4-16-30-35/h1-4,6-16,19,27,36H,5,17-18,20-21H2. The van der Waals surface area contributed by atoms with E-state index < -0.39 is 16.1 Å². The summed E-state index contributed by atoms with van der Waals surface area (Å²) in [6.45, 7) is 1.84. The van der Waals surface area contributed by atoms with Gasteiger partial charge >= 0.3 is 0 Å². The molecule has 3 heterocycles. The van der Waals surface area contributed by atoms with Crippen LogP contribution in [0.25, 0.3) is 5.69 Å². The average Bonchev–Trinajstić information content (AvgIpc) is 3.66. The van der Waals surface area contributed by atoms with Crippen molar-refractivity contribution < 1.29 is 18.3 Å². The van der Waals surface area contributed by atoms with Gasteiger partial charge in [0.05, 0.1) is 10.6 Å². The molecule has 1 unspecified atom stereocenters. The Morgan fingerprint density at radius 3 is 2.34 bits per heavy atom. The third-order valence-corrected chi connectivity index (χ3v) is 9.52. The van der Waals surface area contributed by atoms with Crippen LogP contribution in [0.15, 0.2) is 102 Å². The molecule has 5 aromatic rings. The van der Waals surface area contributed by atoms with Crippen molar-refractivity contribution >= 4 is 26.7 Å². The molecule has 41 heavy (non-hydrogen) atoms. The van der Waals surface area contributed by atoms with E-state index in [0.717, 1.165) is 11.4 Å². The van der Waals surface area contributed by atoms with E-state index in [4.69, 9.17) is 4.74 Å². The van der Waals surface area contributed by atoms with Crippen molar-refractivity contribution in [3.05, 3.63) is 109 Å². The van der Waals surface area contributed by atoms with Gasteiger partial charge in [-0.25, -0.2) is 18.1 Å². The zero-order valence-corrected chi connectivity index (χ0v) is 23.7. The first-order chi connectivity index (χ1) is 20.0. The molecule has 1 saturated heterocycles. The summed E-state index contributed by atoms with van der Waals surface area (Å²) in [5, 5.41) is 15.8. The van der Waals surface area contributed by atoms with Crippen LogP contribution in [0.5, 0.6) is 11.5 Å². The van der Waals surface area contributed by atoms with Crippen molar-refractivity contribution in [3.8, 4) is 17.2 Å². The third-order valence-electron chi connectivity index (χ3n) is 6.82. The molecule has 1 aliphatic heterocycles. The van der Waals surface area contributed by atoms with Gasteiger partial charge in [0.1, 0.15) is 17.6 Å². The van der Waals surface area contributed by atoms with Gasteiger partial charge in [0, 0.05) is 50.1 Å². The molecule has 1 fully saturated rings. The van der Waals surface area contributed by atoms with Gasteiger partial charge in [0.25, 0.3) is 0 Å². The van der Waals surface area contributed by atoms with E-state index in [9.17, 15) is 13.5 Å². The summed E-state index contributed by atoms with van der Waals surface area (Å²) >= 11 is 1.20. The predicted octanol–water partition coefficient (Wildman–Crippen LogP) is 4.50. The third kappa shape index (κ3) is 6.00. The summed E-state index contributed by atoms with van der Waals surface area (Å²) in [6, 6.07) is 25.2. The van der Waals surface area contributed by atoms with Crippen LogP contribution in [0, 0.1) is 0 Å². The number of aliphatic hydroxyl groups excluding tert-OH is 1. The Balaban J connectivity index is 1.09. The Bertz CT molecular complexity index is 1680. The van der Waals surface area contributed by atoms with E-state index in [1.165, 1.54) is 15.8 Å². The SMILES string of the molecule is O=S(=O)(c1ccc(-n2cccn2)cc1)N1CCCN(c2nc(C(O)c3ccc(Oc4ccccc4)cc3)ns2)CC1. The number of anilines is 1. The van der Waals surface area contributed by atoms with E-state index in [1.807, 2.05) is 47.5 Å². The summed E-state index contributed by atoms with van der Waals surface area (Å²) in [5.41, 5.74) is 1.45. The highest BCUT2D eigenvalue weighted by Crippen LogP contribution is 2.29. The molecule has 0 spiro atoms. The van der Waals surface area contributed by atoms with Crippen LogP contribution < -0.4 is 9.64 Å². The maximum atomic E-state index is 13.4. The number of aromatic nitrogens is 4. The first-order valence-electron chi connectivity index (χ1n) is 13.2. The highest BCUT2D eigenvalue weighted by molar-refractivity contribution is 7.89. The highest BCUT2D eigenvalue weighted by atomic mass is 32.2. The fraction of sp³-hybridized carbons (Fsp3) is 0.207. The number of hydrogen-bond acceptors (Lipinski definition) is 9. The number of aliphatic hydroxyl groups is 1. The molecule has 12 heteroatoms. The minimum Gasteiger partial charge on any atom is -0.457 e. The average molecular weight is 589 g/mol. The van der Waals surface area contributed by atoms with Gasteiger partial charge in [-0.3, -0.25) is 0 Å². The number of benzene rings is 3. The molecular weight excluding hydrogens is 560 g/mol. The van der Waals surface area contributed by atoms with Crippen molar-refractivity contribution in [2.24, 2.45) is 0 Å². The van der Waals surface area contributed by atoms with Crippen molar-refractivity contribution in [1.29, 1.82) is 0 Å². The van der Waals surface area contributed by atoms with Gasteiger partial charge in [-0.15, -0.1) is 0 Å². The molecule has 2 aromatic heterocycles. The summed E-state index contributed by atoms with van der Waals surface area (Å²) in [7, 11) is -3.65. The topological polar surface area (TPSA) is 114 Å². The summed E-state index contributed by atoms with van der Waals surface area (Å²) < 4.78 is 40.2. The van der Waals surface area contributed by atoms with Crippen LogP contribution in [0.2, 0.25) is 0 Å². The van der Waals surface area contributed by atoms with E-state index in [2.05, 4.69) is 14.5 Å². The monoisotopic (exact) mass is 588 g/mol. The van der Waals surface area contributed by atoms with Gasteiger partial charge < -0.3 is 14.7 Å². The molecule has 1 atom stereocenters. The van der Waals surface area contributed by atoms with E-state index in [1.54, 1.807) is 59.4 Å². The predicted molar refractivity (Wildman–Crippen MR) is 156 cm³/mol. The van der Waals surface area contributed by atoms with Crippen molar-refractivity contribution in [2.75, 3.05) is 31.1 Å². The van der Waals surface area contributed by atoms with Crippen LogP contribution >= 0.6 is 11.5 Å². The van der Waals surface area contributed by atoms with Crippen LogP contribution in [-0.2, 0) is 10.0 Å². The van der Waals surface area contributed by atoms with Gasteiger partial charge in [-0.2, -0.15) is 13.8 Å². The molecule has 0 radical (unpaired) electrons. The fourth-order valence-corrected chi connectivity index (χ4v) is 6.84. The van der Waals surface area contributed by atoms with E-state index in [0.29, 0.717) is 54.9 Å². The first kappa shape index (κ1) is 27.1. The smallest absolute Gasteiger partial charge is 0.243 e. The maximum Gasteiger partial charge on any atom is 0.243 e. The van der Waals surface area contributed by atoms with Crippen LogP contribution in [0.3, 0.4) is 0 Å². The van der Waals surface area contributed by atoms with Crippen molar-refractivity contribution in [1.82, 2.24) is 23.4 Å².